The van der Waals surface area contributed by atoms with E-state index in [0.717, 1.165) is 29.1 Å². The fourth-order valence-electron chi connectivity index (χ4n) is 3.00. The van der Waals surface area contributed by atoms with Gasteiger partial charge in [-0.3, -0.25) is 9.59 Å². The molecule has 0 saturated heterocycles. The summed E-state index contributed by atoms with van der Waals surface area (Å²) in [4.78, 5) is 24.5. The van der Waals surface area contributed by atoms with Gasteiger partial charge in [0.2, 0.25) is 11.6 Å². The summed E-state index contributed by atoms with van der Waals surface area (Å²) in [5.74, 6) is -3.07. The average molecular weight is 482 g/mol. The number of nitrogen functional groups attached to an aromatic ring is 1. The van der Waals surface area contributed by atoms with Crippen LogP contribution in [0.15, 0.2) is 52.2 Å². The van der Waals surface area contributed by atoms with Crippen molar-refractivity contribution in [2.45, 2.75) is 6.54 Å². The zero-order chi connectivity index (χ0) is 24.9. The van der Waals surface area contributed by atoms with Crippen molar-refractivity contribution in [1.29, 1.82) is 0 Å². The van der Waals surface area contributed by atoms with Crippen LogP contribution in [0.1, 0.15) is 32.1 Å². The van der Waals surface area contributed by atoms with E-state index in [9.17, 15) is 18.4 Å². The second-order valence-corrected chi connectivity index (χ2v) is 6.90. The van der Waals surface area contributed by atoms with Crippen LogP contribution in [0.4, 0.5) is 20.3 Å². The van der Waals surface area contributed by atoms with Gasteiger partial charge in [-0.25, -0.2) is 18.8 Å². The zero-order valence-corrected chi connectivity index (χ0v) is 17.6. The molecule has 0 bridgehead atoms. The monoisotopic (exact) mass is 482 g/mol. The number of amides is 2. The van der Waals surface area contributed by atoms with Gasteiger partial charge >= 0.3 is 0 Å². The molecule has 0 fully saturated rings. The number of primary amides is 1. The Morgan fingerprint density at radius 2 is 1.97 bits per heavy atom. The normalized spacial score (nSPS) is 11.0. The molecular formula is C20H16F2N10O3. The maximum atomic E-state index is 13.8. The van der Waals surface area contributed by atoms with E-state index in [2.05, 4.69) is 41.1 Å². The number of carbonyl (C=O) groups is 2. The third kappa shape index (κ3) is 4.92. The highest BCUT2D eigenvalue weighted by molar-refractivity contribution is 5.98. The SMILES string of the molecule is NC(=O)c1ccccc1NCc1c(C(=O)NN=Cc2cc(F)ccc2F)nnn1-c1nonc1N. The van der Waals surface area contributed by atoms with E-state index in [4.69, 9.17) is 11.5 Å². The number of hydrazone groups is 1. The first-order valence-corrected chi connectivity index (χ1v) is 9.79. The van der Waals surface area contributed by atoms with Gasteiger partial charge in [0.1, 0.15) is 11.6 Å². The predicted octanol–water partition coefficient (Wildman–Crippen LogP) is 0.986. The van der Waals surface area contributed by atoms with Gasteiger partial charge in [-0.1, -0.05) is 17.3 Å². The Hall–Kier alpha value is -5.21. The molecule has 2 heterocycles. The van der Waals surface area contributed by atoms with Crippen LogP contribution in [-0.4, -0.2) is 43.3 Å². The van der Waals surface area contributed by atoms with Crippen molar-refractivity contribution in [2.75, 3.05) is 11.1 Å². The van der Waals surface area contributed by atoms with E-state index in [0.29, 0.717) is 5.69 Å². The van der Waals surface area contributed by atoms with E-state index in [-0.39, 0.29) is 40.7 Å². The van der Waals surface area contributed by atoms with Gasteiger partial charge in [-0.05, 0) is 40.6 Å². The highest BCUT2D eigenvalue weighted by atomic mass is 19.1. The highest BCUT2D eigenvalue weighted by Gasteiger charge is 2.24. The number of carbonyl (C=O) groups excluding carboxylic acids is 2. The molecule has 0 aliphatic carbocycles. The number of hydrogen-bond acceptors (Lipinski definition) is 10. The lowest BCUT2D eigenvalue weighted by molar-refractivity contribution is 0.0947. The molecule has 178 valence electrons. The summed E-state index contributed by atoms with van der Waals surface area (Å²) < 4.78 is 32.8. The Labute approximate surface area is 194 Å². The van der Waals surface area contributed by atoms with Gasteiger partial charge in [-0.2, -0.15) is 9.78 Å². The summed E-state index contributed by atoms with van der Waals surface area (Å²) in [6.07, 6.45) is 0.932. The van der Waals surface area contributed by atoms with Crippen LogP contribution >= 0.6 is 0 Å². The van der Waals surface area contributed by atoms with Crippen LogP contribution < -0.4 is 22.2 Å². The first kappa shape index (κ1) is 23.0. The third-order valence-corrected chi connectivity index (χ3v) is 4.64. The minimum Gasteiger partial charge on any atom is -0.379 e. The lowest BCUT2D eigenvalue weighted by Crippen LogP contribution is -2.22. The van der Waals surface area contributed by atoms with Crippen molar-refractivity contribution in [1.82, 2.24) is 30.7 Å². The molecule has 0 unspecified atom stereocenters. The molecular weight excluding hydrogens is 466 g/mol. The Bertz CT molecular complexity index is 1430. The highest BCUT2D eigenvalue weighted by Crippen LogP contribution is 2.19. The molecule has 0 saturated carbocycles. The quantitative estimate of drug-likeness (QED) is 0.209. The summed E-state index contributed by atoms with van der Waals surface area (Å²) >= 11 is 0. The topological polar surface area (TPSA) is 192 Å². The summed E-state index contributed by atoms with van der Waals surface area (Å²) in [5, 5.41) is 21.5. The average Bonchev–Trinajstić information content (AvgIpc) is 3.45. The number of benzene rings is 2. The Kier molecular flexibility index (Phi) is 6.39. The summed E-state index contributed by atoms with van der Waals surface area (Å²) in [5.41, 5.74) is 13.6. The Balaban J connectivity index is 1.62. The molecule has 0 aliphatic heterocycles. The van der Waals surface area contributed by atoms with Gasteiger partial charge in [-0.15, -0.1) is 5.10 Å². The third-order valence-electron chi connectivity index (χ3n) is 4.64. The molecule has 0 aliphatic rings. The smallest absolute Gasteiger partial charge is 0.293 e. The van der Waals surface area contributed by atoms with Gasteiger partial charge in [0.25, 0.3) is 11.8 Å². The van der Waals surface area contributed by atoms with Crippen LogP contribution in [0, 0.1) is 11.6 Å². The maximum Gasteiger partial charge on any atom is 0.293 e. The molecule has 0 spiro atoms. The van der Waals surface area contributed by atoms with E-state index >= 15 is 0 Å². The van der Waals surface area contributed by atoms with Crippen molar-refractivity contribution in [3.05, 3.63) is 76.6 Å². The van der Waals surface area contributed by atoms with Gasteiger partial charge < -0.3 is 16.8 Å². The molecule has 2 amide bonds. The molecule has 0 atom stereocenters. The molecule has 2 aromatic heterocycles. The molecule has 6 N–H and O–H groups in total. The molecule has 2 aromatic carbocycles. The fraction of sp³-hybridized carbons (Fsp3) is 0.0500. The Morgan fingerprint density at radius 1 is 1.17 bits per heavy atom. The molecule has 4 aromatic rings. The van der Waals surface area contributed by atoms with Crippen molar-refractivity contribution >= 4 is 29.5 Å². The number of nitrogens with zero attached hydrogens (tertiary/aromatic N) is 6. The standard InChI is InChI=1S/C20H16F2N10O3/c21-11-5-6-13(22)10(7-11)8-26-28-20(34)16-15(32(31-27-16)19-17(23)29-35-30-19)9-25-14-4-2-1-3-12(14)18(24)33/h1-8,25H,9H2,(H2,23,29)(H2,24,33)(H,28,34). The number of anilines is 2. The molecule has 0 radical (unpaired) electrons. The van der Waals surface area contributed by atoms with E-state index in [1.165, 1.54) is 6.07 Å². The molecule has 13 nitrogen and oxygen atoms in total. The molecule has 35 heavy (non-hydrogen) atoms. The first-order chi connectivity index (χ1) is 16.8. The minimum absolute atomic E-state index is 0.0399. The number of halogens is 2. The van der Waals surface area contributed by atoms with Gasteiger partial charge in [0.15, 0.2) is 5.69 Å². The fourth-order valence-corrected chi connectivity index (χ4v) is 3.00. The largest absolute Gasteiger partial charge is 0.379 e. The van der Waals surface area contributed by atoms with Crippen molar-refractivity contribution in [2.24, 2.45) is 10.8 Å². The minimum atomic E-state index is -0.834. The number of nitrogens with one attached hydrogen (secondary N) is 2. The number of rotatable bonds is 8. The first-order valence-electron chi connectivity index (χ1n) is 9.79. The second-order valence-electron chi connectivity index (χ2n) is 6.90. The van der Waals surface area contributed by atoms with Crippen LogP contribution in [0.25, 0.3) is 5.82 Å². The second kappa shape index (κ2) is 9.74. The van der Waals surface area contributed by atoms with E-state index < -0.39 is 23.4 Å². The Morgan fingerprint density at radius 3 is 2.71 bits per heavy atom. The van der Waals surface area contributed by atoms with Crippen molar-refractivity contribution < 1.29 is 23.0 Å². The summed E-state index contributed by atoms with van der Waals surface area (Å²) in [7, 11) is 0. The van der Waals surface area contributed by atoms with Crippen molar-refractivity contribution in [3.8, 4) is 5.82 Å². The molecule has 4 rings (SSSR count). The van der Waals surface area contributed by atoms with Gasteiger partial charge in [0, 0.05) is 11.3 Å². The molecule has 15 heteroatoms. The number of aromatic nitrogens is 5. The summed E-state index contributed by atoms with van der Waals surface area (Å²) in [6, 6.07) is 9.23. The number of hydrogen-bond donors (Lipinski definition) is 4. The predicted molar refractivity (Wildman–Crippen MR) is 117 cm³/mol. The number of para-hydroxylation sites is 1. The maximum absolute atomic E-state index is 13.8. The van der Waals surface area contributed by atoms with Crippen LogP contribution in [0.2, 0.25) is 0 Å². The van der Waals surface area contributed by atoms with Crippen LogP contribution in [0.3, 0.4) is 0 Å². The lowest BCUT2D eigenvalue weighted by Gasteiger charge is -2.11. The zero-order valence-electron chi connectivity index (χ0n) is 17.6. The van der Waals surface area contributed by atoms with Gasteiger partial charge in [0.05, 0.1) is 24.0 Å². The summed E-state index contributed by atoms with van der Waals surface area (Å²) in [6.45, 7) is -0.103. The van der Waals surface area contributed by atoms with E-state index in [1.54, 1.807) is 18.2 Å². The number of nitrogens with two attached hydrogens (primary N) is 2. The van der Waals surface area contributed by atoms with Crippen molar-refractivity contribution in [3.63, 3.8) is 0 Å². The lowest BCUT2D eigenvalue weighted by atomic mass is 10.1. The van der Waals surface area contributed by atoms with Crippen LogP contribution in [-0.2, 0) is 6.54 Å². The van der Waals surface area contributed by atoms with Crippen LogP contribution in [0.5, 0.6) is 0 Å². The van der Waals surface area contributed by atoms with E-state index in [1.807, 2.05) is 0 Å².